The van der Waals surface area contributed by atoms with Gasteiger partial charge in [-0.1, -0.05) is 0 Å². The lowest BCUT2D eigenvalue weighted by Crippen LogP contribution is -2.55. The van der Waals surface area contributed by atoms with Gasteiger partial charge in [0.2, 0.25) is 5.91 Å². The lowest BCUT2D eigenvalue weighted by atomic mass is 9.95. The summed E-state index contributed by atoms with van der Waals surface area (Å²) in [6, 6.07) is 6.97. The van der Waals surface area contributed by atoms with Crippen LogP contribution >= 0.6 is 0 Å². The molecule has 1 unspecified atom stereocenters. The Hall–Kier alpha value is -1.64. The molecule has 3 rings (SSSR count). The summed E-state index contributed by atoms with van der Waals surface area (Å²) in [5.74, 6) is 0.229. The predicted molar refractivity (Wildman–Crippen MR) is 99.2 cm³/mol. The fourth-order valence-electron chi connectivity index (χ4n) is 3.44. The van der Waals surface area contributed by atoms with E-state index in [9.17, 15) is 13.2 Å². The summed E-state index contributed by atoms with van der Waals surface area (Å²) in [6.07, 6.45) is 3.91. The number of hydrogen-bond donors (Lipinski definition) is 2. The van der Waals surface area contributed by atoms with Crippen LogP contribution in [0.5, 0.6) is 5.75 Å². The largest absolute Gasteiger partial charge is 0.491 e. The summed E-state index contributed by atoms with van der Waals surface area (Å²) in [5, 5.41) is 5.86. The Morgan fingerprint density at radius 1 is 1.31 bits per heavy atom. The first-order chi connectivity index (χ1) is 12.4. The first kappa shape index (κ1) is 19.1. The molecule has 0 aliphatic carbocycles. The van der Waals surface area contributed by atoms with Crippen LogP contribution in [-0.2, 0) is 19.4 Å². The zero-order chi connectivity index (χ0) is 18.6. The third kappa shape index (κ3) is 4.19. The molecular weight excluding hydrogens is 356 g/mol. The van der Waals surface area contributed by atoms with Gasteiger partial charge in [0.25, 0.3) is 0 Å². The van der Waals surface area contributed by atoms with E-state index in [2.05, 4.69) is 10.6 Å². The second-order valence-electron chi connectivity index (χ2n) is 6.94. The van der Waals surface area contributed by atoms with Gasteiger partial charge in [-0.25, -0.2) is 8.42 Å². The van der Waals surface area contributed by atoms with Gasteiger partial charge < -0.3 is 20.1 Å². The number of hydrogen-bond acceptors (Lipinski definition) is 6. The Morgan fingerprint density at radius 2 is 2.00 bits per heavy atom. The predicted octanol–water partition coefficient (Wildman–Crippen LogP) is 1.35. The molecule has 2 heterocycles. The Morgan fingerprint density at radius 3 is 2.58 bits per heavy atom. The lowest BCUT2D eigenvalue weighted by molar-refractivity contribution is -0.119. The van der Waals surface area contributed by atoms with Crippen molar-refractivity contribution in [3.63, 3.8) is 0 Å². The topological polar surface area (TPSA) is 93.7 Å². The summed E-state index contributed by atoms with van der Waals surface area (Å²) >= 11 is 0. The highest BCUT2D eigenvalue weighted by molar-refractivity contribution is 7.92. The number of carbonyl (C=O) groups is 1. The van der Waals surface area contributed by atoms with Crippen molar-refractivity contribution >= 4 is 21.4 Å². The molecule has 8 heteroatoms. The minimum absolute atomic E-state index is 0.143. The number of carbonyl (C=O) groups excluding carboxylic acids is 1. The van der Waals surface area contributed by atoms with Gasteiger partial charge in [0, 0.05) is 18.6 Å². The fraction of sp³-hybridized carbons (Fsp3) is 0.611. The molecule has 0 saturated carbocycles. The van der Waals surface area contributed by atoms with E-state index >= 15 is 0 Å². The first-order valence-corrected chi connectivity index (χ1v) is 10.9. The van der Waals surface area contributed by atoms with Crippen LogP contribution in [0.1, 0.15) is 25.7 Å². The molecule has 0 aromatic heterocycles. The van der Waals surface area contributed by atoms with E-state index in [1.807, 2.05) is 0 Å². The van der Waals surface area contributed by atoms with Crippen molar-refractivity contribution in [2.24, 2.45) is 0 Å². The highest BCUT2D eigenvalue weighted by Crippen LogP contribution is 2.29. The van der Waals surface area contributed by atoms with Crippen LogP contribution in [0.25, 0.3) is 0 Å². The Labute approximate surface area is 154 Å². The molecule has 2 aliphatic rings. The number of amides is 1. The Kier molecular flexibility index (Phi) is 5.84. The molecule has 1 aromatic rings. The van der Waals surface area contributed by atoms with E-state index < -0.39 is 20.5 Å². The van der Waals surface area contributed by atoms with Crippen LogP contribution in [0.3, 0.4) is 0 Å². The Balaban J connectivity index is 1.63. The Bertz CT molecular complexity index is 720. The van der Waals surface area contributed by atoms with Crippen molar-refractivity contribution < 1.29 is 22.7 Å². The van der Waals surface area contributed by atoms with Gasteiger partial charge in [0.1, 0.15) is 12.4 Å². The number of rotatable bonds is 6. The minimum Gasteiger partial charge on any atom is -0.491 e. The molecule has 2 fully saturated rings. The van der Waals surface area contributed by atoms with Crippen molar-refractivity contribution in [1.29, 1.82) is 0 Å². The van der Waals surface area contributed by atoms with Crippen LogP contribution in [0.15, 0.2) is 24.3 Å². The number of piperidine rings is 1. The SMILES string of the molecule is CS(=O)(=O)C1(C(=O)Nc2ccc(OCC3CCCO3)cc2)CCNCC1. The lowest BCUT2D eigenvalue weighted by Gasteiger charge is -2.34. The van der Waals surface area contributed by atoms with Crippen molar-refractivity contribution in [3.05, 3.63) is 24.3 Å². The monoisotopic (exact) mass is 382 g/mol. The third-order valence-electron chi connectivity index (χ3n) is 5.11. The number of sulfone groups is 1. The van der Waals surface area contributed by atoms with Crippen LogP contribution in [0, 0.1) is 0 Å². The highest BCUT2D eigenvalue weighted by Gasteiger charge is 2.48. The zero-order valence-corrected chi connectivity index (χ0v) is 15.8. The molecule has 2 N–H and O–H groups in total. The standard InChI is InChI=1S/C18H26N2O5S/c1-26(22,23)18(8-10-19-11-9-18)17(21)20-14-4-6-15(7-5-14)25-13-16-3-2-12-24-16/h4-7,16,19H,2-3,8-13H2,1H3,(H,20,21). The van der Waals surface area contributed by atoms with Crippen LogP contribution in [-0.4, -0.2) is 57.7 Å². The summed E-state index contributed by atoms with van der Waals surface area (Å²) in [5.41, 5.74) is 0.557. The summed E-state index contributed by atoms with van der Waals surface area (Å²) in [6.45, 7) is 2.32. The smallest absolute Gasteiger partial charge is 0.245 e. The van der Waals surface area contributed by atoms with E-state index in [4.69, 9.17) is 9.47 Å². The average Bonchev–Trinajstić information content (AvgIpc) is 3.14. The van der Waals surface area contributed by atoms with Gasteiger partial charge in [-0.2, -0.15) is 0 Å². The average molecular weight is 382 g/mol. The zero-order valence-electron chi connectivity index (χ0n) is 15.0. The second-order valence-corrected chi connectivity index (χ2v) is 9.27. The number of ether oxygens (including phenoxy) is 2. The van der Waals surface area contributed by atoms with Gasteiger partial charge in [0.15, 0.2) is 14.6 Å². The molecular formula is C18H26N2O5S. The fourth-order valence-corrected chi connectivity index (χ4v) is 4.77. The van der Waals surface area contributed by atoms with Crippen molar-refractivity contribution in [3.8, 4) is 5.75 Å². The van der Waals surface area contributed by atoms with E-state index in [0.29, 0.717) is 31.1 Å². The summed E-state index contributed by atoms with van der Waals surface area (Å²) in [4.78, 5) is 12.8. The van der Waals surface area contributed by atoms with Crippen LogP contribution < -0.4 is 15.4 Å². The molecule has 1 atom stereocenters. The van der Waals surface area contributed by atoms with Crippen molar-refractivity contribution in [1.82, 2.24) is 5.32 Å². The van der Waals surface area contributed by atoms with Crippen LogP contribution in [0.2, 0.25) is 0 Å². The molecule has 1 aromatic carbocycles. The molecule has 144 valence electrons. The maximum absolute atomic E-state index is 12.8. The molecule has 0 spiro atoms. The number of nitrogens with one attached hydrogen (secondary N) is 2. The maximum atomic E-state index is 12.8. The van der Waals surface area contributed by atoms with E-state index in [1.54, 1.807) is 24.3 Å². The van der Waals surface area contributed by atoms with E-state index in [1.165, 1.54) is 0 Å². The molecule has 26 heavy (non-hydrogen) atoms. The number of anilines is 1. The molecule has 2 saturated heterocycles. The van der Waals surface area contributed by atoms with Gasteiger partial charge in [-0.3, -0.25) is 4.79 Å². The quantitative estimate of drug-likeness (QED) is 0.771. The third-order valence-corrected chi connectivity index (χ3v) is 7.12. The molecule has 2 aliphatic heterocycles. The first-order valence-electron chi connectivity index (χ1n) is 8.97. The highest BCUT2D eigenvalue weighted by atomic mass is 32.2. The maximum Gasteiger partial charge on any atom is 0.245 e. The van der Waals surface area contributed by atoms with E-state index in [-0.39, 0.29) is 18.9 Å². The van der Waals surface area contributed by atoms with Crippen molar-refractivity contribution in [2.75, 3.05) is 37.9 Å². The van der Waals surface area contributed by atoms with Gasteiger partial charge in [-0.15, -0.1) is 0 Å². The number of benzene rings is 1. The summed E-state index contributed by atoms with van der Waals surface area (Å²) < 4.78 is 34.4. The van der Waals surface area contributed by atoms with Gasteiger partial charge in [-0.05, 0) is 63.0 Å². The molecule has 7 nitrogen and oxygen atoms in total. The molecule has 0 bridgehead atoms. The second kappa shape index (κ2) is 7.94. The molecule has 1 amide bonds. The molecule has 0 radical (unpaired) electrons. The summed E-state index contributed by atoms with van der Waals surface area (Å²) in [7, 11) is -3.52. The minimum atomic E-state index is -3.52. The normalized spacial score (nSPS) is 22.7. The van der Waals surface area contributed by atoms with Gasteiger partial charge in [0.05, 0.1) is 6.10 Å². The van der Waals surface area contributed by atoms with Gasteiger partial charge >= 0.3 is 0 Å². The van der Waals surface area contributed by atoms with Crippen LogP contribution in [0.4, 0.5) is 5.69 Å². The van der Waals surface area contributed by atoms with E-state index in [0.717, 1.165) is 25.7 Å². The van der Waals surface area contributed by atoms with Crippen molar-refractivity contribution in [2.45, 2.75) is 36.5 Å².